The molecule has 1 unspecified atom stereocenters. The lowest BCUT2D eigenvalue weighted by Crippen LogP contribution is -2.28. The van der Waals surface area contributed by atoms with Crippen molar-refractivity contribution in [2.24, 2.45) is 0 Å². The summed E-state index contributed by atoms with van der Waals surface area (Å²) in [5.41, 5.74) is 0.752. The third-order valence-corrected chi connectivity index (χ3v) is 3.42. The van der Waals surface area contributed by atoms with Crippen molar-refractivity contribution < 1.29 is 9.53 Å². The molecule has 0 spiro atoms. The van der Waals surface area contributed by atoms with Gasteiger partial charge in [0.25, 0.3) is 0 Å². The van der Waals surface area contributed by atoms with Crippen molar-refractivity contribution in [3.8, 4) is 0 Å². The van der Waals surface area contributed by atoms with Crippen LogP contribution in [0.25, 0.3) is 10.8 Å². The molecule has 1 aliphatic rings. The van der Waals surface area contributed by atoms with Gasteiger partial charge in [-0.2, -0.15) is 0 Å². The first kappa shape index (κ1) is 11.4. The smallest absolute Gasteiger partial charge is 0.192 e. The van der Waals surface area contributed by atoms with Gasteiger partial charge >= 0.3 is 0 Å². The molecule has 1 fully saturated rings. The summed E-state index contributed by atoms with van der Waals surface area (Å²) < 4.78 is 5.58. The SMILES string of the molecule is O=C(c1cccc2cnccc12)C1CCCCO1. The van der Waals surface area contributed by atoms with Gasteiger partial charge in [-0.3, -0.25) is 9.78 Å². The largest absolute Gasteiger partial charge is 0.370 e. The van der Waals surface area contributed by atoms with E-state index in [0.717, 1.165) is 35.6 Å². The molecular weight excluding hydrogens is 226 g/mol. The van der Waals surface area contributed by atoms with E-state index in [0.29, 0.717) is 6.61 Å². The first-order valence-corrected chi connectivity index (χ1v) is 6.35. The lowest BCUT2D eigenvalue weighted by atomic mass is 9.96. The van der Waals surface area contributed by atoms with Gasteiger partial charge in [-0.25, -0.2) is 0 Å². The monoisotopic (exact) mass is 241 g/mol. The first-order chi connectivity index (χ1) is 8.86. The molecule has 92 valence electrons. The normalized spacial score (nSPS) is 19.9. The third kappa shape index (κ3) is 2.02. The summed E-state index contributed by atoms with van der Waals surface area (Å²) in [4.78, 5) is 16.6. The number of aromatic nitrogens is 1. The Balaban J connectivity index is 2.00. The number of pyridine rings is 1. The van der Waals surface area contributed by atoms with Gasteiger partial charge in [0, 0.05) is 30.0 Å². The van der Waals surface area contributed by atoms with Crippen LogP contribution < -0.4 is 0 Å². The Morgan fingerprint density at radius 2 is 2.22 bits per heavy atom. The molecule has 2 heterocycles. The summed E-state index contributed by atoms with van der Waals surface area (Å²) in [7, 11) is 0. The molecule has 1 aliphatic heterocycles. The molecule has 3 nitrogen and oxygen atoms in total. The van der Waals surface area contributed by atoms with Crippen molar-refractivity contribution in [3.05, 3.63) is 42.2 Å². The number of ether oxygens (including phenoxy) is 1. The van der Waals surface area contributed by atoms with Crippen molar-refractivity contribution in [3.63, 3.8) is 0 Å². The lowest BCUT2D eigenvalue weighted by molar-refractivity contribution is 0.0188. The number of fused-ring (bicyclic) bond motifs is 1. The highest BCUT2D eigenvalue weighted by atomic mass is 16.5. The van der Waals surface area contributed by atoms with Gasteiger partial charge in [-0.15, -0.1) is 0 Å². The Hall–Kier alpha value is -1.74. The second kappa shape index (κ2) is 4.86. The Bertz CT molecular complexity index is 568. The Kier molecular flexibility index (Phi) is 3.07. The summed E-state index contributed by atoms with van der Waals surface area (Å²) in [6.07, 6.45) is 6.21. The van der Waals surface area contributed by atoms with Crippen LogP contribution in [0, 0.1) is 0 Å². The second-order valence-electron chi connectivity index (χ2n) is 4.62. The van der Waals surface area contributed by atoms with Crippen molar-refractivity contribution in [1.82, 2.24) is 4.98 Å². The van der Waals surface area contributed by atoms with Gasteiger partial charge in [0.05, 0.1) is 0 Å². The molecular formula is C15H15NO2. The van der Waals surface area contributed by atoms with Gasteiger partial charge in [0.15, 0.2) is 5.78 Å². The predicted octanol–water partition coefficient (Wildman–Crippen LogP) is 2.99. The van der Waals surface area contributed by atoms with E-state index < -0.39 is 0 Å². The van der Waals surface area contributed by atoms with Crippen LogP contribution in [0.3, 0.4) is 0 Å². The van der Waals surface area contributed by atoms with Crippen LogP contribution in [0.4, 0.5) is 0 Å². The van der Waals surface area contributed by atoms with E-state index in [-0.39, 0.29) is 11.9 Å². The summed E-state index contributed by atoms with van der Waals surface area (Å²) in [5.74, 6) is 0.103. The number of hydrogen-bond acceptors (Lipinski definition) is 3. The zero-order chi connectivity index (χ0) is 12.4. The van der Waals surface area contributed by atoms with E-state index in [1.165, 1.54) is 0 Å². The van der Waals surface area contributed by atoms with Gasteiger partial charge in [0.2, 0.25) is 0 Å². The van der Waals surface area contributed by atoms with E-state index in [1.807, 2.05) is 24.3 Å². The summed E-state index contributed by atoms with van der Waals surface area (Å²) in [6, 6.07) is 7.65. The van der Waals surface area contributed by atoms with E-state index in [9.17, 15) is 4.79 Å². The average Bonchev–Trinajstić information content (AvgIpc) is 2.47. The minimum atomic E-state index is -0.266. The quantitative estimate of drug-likeness (QED) is 0.759. The highest BCUT2D eigenvalue weighted by Crippen LogP contribution is 2.23. The van der Waals surface area contributed by atoms with Crippen molar-refractivity contribution >= 4 is 16.6 Å². The van der Waals surface area contributed by atoms with E-state index in [1.54, 1.807) is 12.4 Å². The predicted molar refractivity (Wildman–Crippen MR) is 69.7 cm³/mol. The van der Waals surface area contributed by atoms with Gasteiger partial charge in [0.1, 0.15) is 6.10 Å². The molecule has 3 heteroatoms. The summed E-state index contributed by atoms with van der Waals surface area (Å²) >= 11 is 0. The number of benzene rings is 1. The third-order valence-electron chi connectivity index (χ3n) is 3.42. The minimum Gasteiger partial charge on any atom is -0.370 e. The van der Waals surface area contributed by atoms with E-state index in [4.69, 9.17) is 4.74 Å². The molecule has 3 rings (SSSR count). The van der Waals surface area contributed by atoms with E-state index in [2.05, 4.69) is 4.98 Å². The zero-order valence-corrected chi connectivity index (χ0v) is 10.1. The molecule has 0 N–H and O–H groups in total. The molecule has 0 saturated carbocycles. The fraction of sp³-hybridized carbons (Fsp3) is 0.333. The number of rotatable bonds is 2. The van der Waals surface area contributed by atoms with Crippen LogP contribution in [0.15, 0.2) is 36.7 Å². The number of hydrogen-bond donors (Lipinski definition) is 0. The maximum Gasteiger partial charge on any atom is 0.192 e. The number of Topliss-reactive ketones (excluding diaryl/α,β-unsaturated/α-hetero) is 1. The lowest BCUT2D eigenvalue weighted by Gasteiger charge is -2.21. The van der Waals surface area contributed by atoms with Gasteiger partial charge in [-0.1, -0.05) is 18.2 Å². The molecule has 0 bridgehead atoms. The molecule has 1 atom stereocenters. The fourth-order valence-electron chi connectivity index (χ4n) is 2.46. The number of carbonyl (C=O) groups excluding carboxylic acids is 1. The minimum absolute atomic E-state index is 0.103. The number of nitrogens with zero attached hydrogens (tertiary/aromatic N) is 1. The van der Waals surface area contributed by atoms with Crippen LogP contribution in [0.1, 0.15) is 29.6 Å². The van der Waals surface area contributed by atoms with Gasteiger partial charge < -0.3 is 4.74 Å². The summed E-state index contributed by atoms with van der Waals surface area (Å²) in [5, 5.41) is 1.96. The zero-order valence-electron chi connectivity index (χ0n) is 10.1. The van der Waals surface area contributed by atoms with Crippen molar-refractivity contribution in [1.29, 1.82) is 0 Å². The van der Waals surface area contributed by atoms with Crippen molar-refractivity contribution in [2.75, 3.05) is 6.61 Å². The highest BCUT2D eigenvalue weighted by Gasteiger charge is 2.24. The van der Waals surface area contributed by atoms with Crippen LogP contribution in [0.5, 0.6) is 0 Å². The Morgan fingerprint density at radius 3 is 3.06 bits per heavy atom. The summed E-state index contributed by atoms with van der Waals surface area (Å²) in [6.45, 7) is 0.697. The Morgan fingerprint density at radius 1 is 1.28 bits per heavy atom. The molecule has 1 aromatic carbocycles. The second-order valence-corrected chi connectivity index (χ2v) is 4.62. The van der Waals surface area contributed by atoms with Crippen LogP contribution in [-0.4, -0.2) is 23.5 Å². The van der Waals surface area contributed by atoms with Gasteiger partial charge in [-0.05, 0) is 30.7 Å². The maximum absolute atomic E-state index is 12.5. The standard InChI is InChI=1S/C15H15NO2/c17-15(14-6-1-2-9-18-14)13-5-3-4-11-10-16-8-7-12(11)13/h3-5,7-8,10,14H,1-2,6,9H2. The Labute approximate surface area is 106 Å². The number of ketones is 1. The molecule has 1 saturated heterocycles. The first-order valence-electron chi connectivity index (χ1n) is 6.35. The molecule has 1 aromatic heterocycles. The van der Waals surface area contributed by atoms with Crippen molar-refractivity contribution in [2.45, 2.75) is 25.4 Å². The highest BCUT2D eigenvalue weighted by molar-refractivity contribution is 6.09. The van der Waals surface area contributed by atoms with Crippen LogP contribution in [0.2, 0.25) is 0 Å². The topological polar surface area (TPSA) is 39.2 Å². The molecule has 0 radical (unpaired) electrons. The number of carbonyl (C=O) groups is 1. The molecule has 0 aliphatic carbocycles. The molecule has 2 aromatic rings. The molecule has 0 amide bonds. The van der Waals surface area contributed by atoms with Crippen LogP contribution in [-0.2, 0) is 4.74 Å². The van der Waals surface area contributed by atoms with E-state index >= 15 is 0 Å². The van der Waals surface area contributed by atoms with Crippen LogP contribution >= 0.6 is 0 Å². The molecule has 18 heavy (non-hydrogen) atoms. The maximum atomic E-state index is 12.5. The fourth-order valence-corrected chi connectivity index (χ4v) is 2.46. The average molecular weight is 241 g/mol.